The summed E-state index contributed by atoms with van der Waals surface area (Å²) in [5.74, 6) is -0.928. The average Bonchev–Trinajstić information content (AvgIpc) is 3.09. The molecule has 0 radical (unpaired) electrons. The third kappa shape index (κ3) is 35.2. The van der Waals surface area contributed by atoms with Crippen LogP contribution < -0.4 is 0 Å². The van der Waals surface area contributed by atoms with E-state index in [1.54, 1.807) is 0 Å². The summed E-state index contributed by atoms with van der Waals surface area (Å²) in [6.45, 7) is 2.30. The maximum absolute atomic E-state index is 12.5. The van der Waals surface area contributed by atoms with Crippen LogP contribution in [0.5, 0.6) is 0 Å². The third-order valence-electron chi connectivity index (χ3n) is 8.76. The van der Waals surface area contributed by atoms with Gasteiger partial charge in [-0.05, 0) is 12.8 Å². The zero-order valence-electron chi connectivity index (χ0n) is 31.4. The highest BCUT2D eigenvalue weighted by atomic mass is 31.2. The Labute approximate surface area is 299 Å². The highest BCUT2D eigenvalue weighted by Crippen LogP contribution is 2.43. The van der Waals surface area contributed by atoms with Crippen LogP contribution in [0, 0.1) is 0 Å². The molecule has 0 amide bonds. The number of ether oxygens (including phenoxy) is 2. The molecular formula is C38H75O10P. The maximum Gasteiger partial charge on any atom is 0.472 e. The Morgan fingerprint density at radius 2 is 0.878 bits per heavy atom. The highest BCUT2D eigenvalue weighted by Gasteiger charge is 2.27. The fourth-order valence-corrected chi connectivity index (χ4v) is 6.43. The maximum atomic E-state index is 12.5. The number of carbonyl (C=O) groups is 2. The molecule has 0 aromatic heterocycles. The number of aliphatic hydroxyl groups excluding tert-OH is 2. The van der Waals surface area contributed by atoms with E-state index in [1.165, 1.54) is 109 Å². The van der Waals surface area contributed by atoms with Gasteiger partial charge in [-0.15, -0.1) is 0 Å². The lowest BCUT2D eigenvalue weighted by Gasteiger charge is -2.20. The summed E-state index contributed by atoms with van der Waals surface area (Å²) in [4.78, 5) is 34.5. The normalized spacial score (nSPS) is 14.0. The quantitative estimate of drug-likeness (QED) is 0.0319. The Kier molecular flexibility index (Phi) is 34.6. The van der Waals surface area contributed by atoms with E-state index in [2.05, 4.69) is 18.4 Å². The summed E-state index contributed by atoms with van der Waals surface area (Å²) >= 11 is 0. The number of rotatable bonds is 38. The minimum absolute atomic E-state index is 0.191. The van der Waals surface area contributed by atoms with Crippen LogP contribution in [0.2, 0.25) is 0 Å². The predicted octanol–water partition coefficient (Wildman–Crippen LogP) is 9.89. The minimum atomic E-state index is -4.59. The van der Waals surface area contributed by atoms with Crippen LogP contribution in [-0.2, 0) is 32.7 Å². The highest BCUT2D eigenvalue weighted by molar-refractivity contribution is 7.47. The van der Waals surface area contributed by atoms with Crippen molar-refractivity contribution in [3.63, 3.8) is 0 Å². The molecule has 3 N–H and O–H groups in total. The van der Waals surface area contributed by atoms with Gasteiger partial charge in [-0.3, -0.25) is 18.6 Å². The van der Waals surface area contributed by atoms with E-state index >= 15 is 0 Å². The summed E-state index contributed by atoms with van der Waals surface area (Å²) in [7, 11) is -4.59. The molecule has 11 heteroatoms. The molecule has 49 heavy (non-hydrogen) atoms. The molecule has 0 aliphatic heterocycles. The van der Waals surface area contributed by atoms with Crippen molar-refractivity contribution in [2.24, 2.45) is 0 Å². The van der Waals surface area contributed by atoms with Gasteiger partial charge in [-0.2, -0.15) is 0 Å². The number of phosphoric acid groups is 1. The number of phosphoric ester groups is 1. The largest absolute Gasteiger partial charge is 0.472 e. The van der Waals surface area contributed by atoms with E-state index in [1.807, 2.05) is 0 Å². The smallest absolute Gasteiger partial charge is 0.462 e. The predicted molar refractivity (Wildman–Crippen MR) is 196 cm³/mol. The molecule has 10 nitrogen and oxygen atoms in total. The fourth-order valence-electron chi connectivity index (χ4n) is 5.64. The van der Waals surface area contributed by atoms with E-state index < -0.39 is 51.8 Å². The van der Waals surface area contributed by atoms with E-state index in [0.717, 1.165) is 44.9 Å². The monoisotopic (exact) mass is 723 g/mol. The molecule has 3 unspecified atom stereocenters. The Morgan fingerprint density at radius 3 is 1.27 bits per heavy atom. The van der Waals surface area contributed by atoms with Crippen LogP contribution >= 0.6 is 7.82 Å². The van der Waals surface area contributed by atoms with E-state index in [4.69, 9.17) is 19.1 Å². The topological polar surface area (TPSA) is 149 Å². The first-order valence-corrected chi connectivity index (χ1v) is 21.5. The lowest BCUT2D eigenvalue weighted by Crippen LogP contribution is -2.29. The van der Waals surface area contributed by atoms with Crippen molar-refractivity contribution >= 4 is 19.8 Å². The fraction of sp³-hybridized carbons (Fsp3) is 0.947. The van der Waals surface area contributed by atoms with Crippen LogP contribution in [-0.4, -0.2) is 65.7 Å². The lowest BCUT2D eigenvalue weighted by molar-refractivity contribution is -0.161. The van der Waals surface area contributed by atoms with Crippen molar-refractivity contribution in [2.45, 2.75) is 206 Å². The Morgan fingerprint density at radius 1 is 0.531 bits per heavy atom. The standard InChI is InChI=1S/C38H75O10P/c1-3-5-7-9-10-11-12-13-14-15-16-17-18-19-20-21-22-23-24-26-28-30-38(42)48-36(33-45-37(41)29-27-25-8-6-4-2)34-47-49(43,44)46-32-35(40)31-39/h35-36,39-40H,3-34H2,1-2H3,(H,43,44). The summed E-state index contributed by atoms with van der Waals surface area (Å²) in [6.07, 6.45) is 29.9. The van der Waals surface area contributed by atoms with Gasteiger partial charge in [0, 0.05) is 12.8 Å². The van der Waals surface area contributed by atoms with Gasteiger partial charge in [0.05, 0.1) is 19.8 Å². The zero-order chi connectivity index (χ0) is 36.3. The van der Waals surface area contributed by atoms with E-state index in [0.29, 0.717) is 12.8 Å². The van der Waals surface area contributed by atoms with Crippen LogP contribution in [0.15, 0.2) is 0 Å². The first-order chi connectivity index (χ1) is 23.7. The minimum Gasteiger partial charge on any atom is -0.462 e. The zero-order valence-corrected chi connectivity index (χ0v) is 32.3. The van der Waals surface area contributed by atoms with E-state index in [9.17, 15) is 24.2 Å². The number of hydrogen-bond acceptors (Lipinski definition) is 9. The van der Waals surface area contributed by atoms with Gasteiger partial charge in [-0.25, -0.2) is 4.57 Å². The van der Waals surface area contributed by atoms with Crippen LogP contribution in [0.4, 0.5) is 0 Å². The number of carbonyl (C=O) groups excluding carboxylic acids is 2. The van der Waals surface area contributed by atoms with Gasteiger partial charge in [0.2, 0.25) is 0 Å². The van der Waals surface area contributed by atoms with Crippen molar-refractivity contribution in [1.29, 1.82) is 0 Å². The van der Waals surface area contributed by atoms with Crippen LogP contribution in [0.1, 0.15) is 194 Å². The molecule has 0 aliphatic carbocycles. The molecule has 3 atom stereocenters. The van der Waals surface area contributed by atoms with Gasteiger partial charge in [0.1, 0.15) is 12.7 Å². The van der Waals surface area contributed by atoms with Gasteiger partial charge in [0.25, 0.3) is 0 Å². The summed E-state index contributed by atoms with van der Waals surface area (Å²) < 4.78 is 32.4. The first kappa shape index (κ1) is 48.0. The number of unbranched alkanes of at least 4 members (excludes halogenated alkanes) is 24. The molecule has 0 rings (SSSR count). The van der Waals surface area contributed by atoms with Gasteiger partial charge in [0.15, 0.2) is 6.10 Å². The number of aliphatic hydroxyl groups is 2. The van der Waals surface area contributed by atoms with Crippen molar-refractivity contribution in [3.8, 4) is 0 Å². The summed E-state index contributed by atoms with van der Waals surface area (Å²) in [5, 5.41) is 18.2. The second-order valence-corrected chi connectivity index (χ2v) is 15.1. The Hall–Kier alpha value is -1.03. The molecule has 0 saturated carbocycles. The SMILES string of the molecule is CCCCCCCCCCCCCCCCCCCCCCCC(=O)OC(COC(=O)CCCCCCC)COP(=O)(O)OCC(O)CO. The molecular weight excluding hydrogens is 647 g/mol. The van der Waals surface area contributed by atoms with Crippen molar-refractivity contribution < 1.29 is 47.8 Å². The molecule has 0 spiro atoms. The van der Waals surface area contributed by atoms with E-state index in [-0.39, 0.29) is 19.4 Å². The molecule has 0 aliphatic rings. The summed E-state index contributed by atoms with van der Waals surface area (Å²) in [6, 6.07) is 0. The molecule has 0 aromatic rings. The van der Waals surface area contributed by atoms with Gasteiger partial charge < -0.3 is 24.6 Å². The second kappa shape index (κ2) is 35.4. The van der Waals surface area contributed by atoms with Crippen molar-refractivity contribution in [3.05, 3.63) is 0 Å². The Balaban J connectivity index is 4.05. The molecule has 0 fully saturated rings. The van der Waals surface area contributed by atoms with Crippen LogP contribution in [0.25, 0.3) is 0 Å². The number of hydrogen-bond donors (Lipinski definition) is 3. The third-order valence-corrected chi connectivity index (χ3v) is 9.71. The molecule has 0 aromatic carbocycles. The summed E-state index contributed by atoms with van der Waals surface area (Å²) in [5.41, 5.74) is 0. The second-order valence-electron chi connectivity index (χ2n) is 13.7. The van der Waals surface area contributed by atoms with Crippen molar-refractivity contribution in [1.82, 2.24) is 0 Å². The molecule has 0 heterocycles. The Bertz CT molecular complexity index is 796. The molecule has 0 saturated heterocycles. The number of esters is 2. The average molecular weight is 723 g/mol. The van der Waals surface area contributed by atoms with Gasteiger partial charge >= 0.3 is 19.8 Å². The van der Waals surface area contributed by atoms with Crippen molar-refractivity contribution in [2.75, 3.05) is 26.4 Å². The van der Waals surface area contributed by atoms with Gasteiger partial charge in [-0.1, -0.05) is 168 Å². The molecule has 292 valence electrons. The molecule has 0 bridgehead atoms. The lowest BCUT2D eigenvalue weighted by atomic mass is 10.0. The first-order valence-electron chi connectivity index (χ1n) is 20.0. The van der Waals surface area contributed by atoms with Crippen LogP contribution in [0.3, 0.4) is 0 Å².